The smallest absolute Gasteiger partial charge is 0.240 e. The normalized spacial score (nSPS) is 19.0. The molecule has 8 nitrogen and oxygen atoms in total. The lowest BCUT2D eigenvalue weighted by Crippen LogP contribution is -2.37. The first-order valence-electron chi connectivity index (χ1n) is 8.55. The van der Waals surface area contributed by atoms with Crippen LogP contribution >= 0.6 is 0 Å². The van der Waals surface area contributed by atoms with Gasteiger partial charge in [0.05, 0.1) is 13.2 Å². The summed E-state index contributed by atoms with van der Waals surface area (Å²) >= 11 is 0. The van der Waals surface area contributed by atoms with Crippen molar-refractivity contribution in [1.82, 2.24) is 29.8 Å². The largest absolute Gasteiger partial charge is 0.384 e. The number of nitrogens with zero attached hydrogens (tertiary/aromatic N) is 6. The molecule has 3 rings (SSSR count). The third-order valence-corrected chi connectivity index (χ3v) is 4.40. The van der Waals surface area contributed by atoms with Crippen molar-refractivity contribution in [3.8, 4) is 0 Å². The molecule has 0 unspecified atom stereocenters. The van der Waals surface area contributed by atoms with E-state index in [0.29, 0.717) is 37.2 Å². The zero-order valence-corrected chi connectivity index (χ0v) is 14.7. The van der Waals surface area contributed by atoms with Gasteiger partial charge in [0, 0.05) is 26.6 Å². The molecule has 132 valence electrons. The molecule has 1 atom stereocenters. The Bertz CT molecular complexity index is 653. The van der Waals surface area contributed by atoms with Gasteiger partial charge >= 0.3 is 0 Å². The van der Waals surface area contributed by atoms with Crippen molar-refractivity contribution < 1.29 is 9.26 Å². The fraction of sp³-hybridized carbons (Fsp3) is 0.750. The molecule has 0 amide bonds. The van der Waals surface area contributed by atoms with Gasteiger partial charge in [-0.25, -0.2) is 9.67 Å². The number of hydrogen-bond acceptors (Lipinski definition) is 7. The summed E-state index contributed by atoms with van der Waals surface area (Å²) in [5.74, 6) is 3.82. The summed E-state index contributed by atoms with van der Waals surface area (Å²) < 4.78 is 12.4. The molecule has 0 spiro atoms. The Morgan fingerprint density at radius 2 is 2.17 bits per heavy atom. The highest BCUT2D eigenvalue weighted by Crippen LogP contribution is 2.20. The van der Waals surface area contributed by atoms with E-state index in [0.717, 1.165) is 31.3 Å². The van der Waals surface area contributed by atoms with Gasteiger partial charge in [-0.1, -0.05) is 5.16 Å². The van der Waals surface area contributed by atoms with Crippen LogP contribution in [0, 0.1) is 19.8 Å². The minimum absolute atomic E-state index is 0.578. The van der Waals surface area contributed by atoms with E-state index in [1.54, 1.807) is 7.11 Å². The summed E-state index contributed by atoms with van der Waals surface area (Å²) in [7, 11) is 1.67. The van der Waals surface area contributed by atoms with Gasteiger partial charge in [0.2, 0.25) is 5.89 Å². The highest BCUT2D eigenvalue weighted by atomic mass is 16.5. The van der Waals surface area contributed by atoms with E-state index >= 15 is 0 Å². The molecule has 1 aliphatic rings. The van der Waals surface area contributed by atoms with Crippen LogP contribution in [0.4, 0.5) is 0 Å². The molecule has 8 heteroatoms. The Balaban J connectivity index is 1.53. The average Bonchev–Trinajstić information content (AvgIpc) is 3.12. The van der Waals surface area contributed by atoms with Crippen LogP contribution in [0.15, 0.2) is 4.52 Å². The predicted molar refractivity (Wildman–Crippen MR) is 87.4 cm³/mol. The van der Waals surface area contributed by atoms with E-state index in [-0.39, 0.29) is 0 Å². The number of rotatable bonds is 7. The maximum absolute atomic E-state index is 5.35. The summed E-state index contributed by atoms with van der Waals surface area (Å²) in [6.45, 7) is 8.29. The Morgan fingerprint density at radius 1 is 1.29 bits per heavy atom. The molecule has 0 saturated carbocycles. The standard InChI is InChI=1S/C16H26N6O2/c1-12-17-13(2)22(19-12)10-14-5-4-7-21(9-14)11-16-18-15(20-24-16)6-8-23-3/h14H,4-11H2,1-3H3/t14-/m1/s1. The third-order valence-electron chi connectivity index (χ3n) is 4.40. The Hall–Kier alpha value is -1.80. The minimum Gasteiger partial charge on any atom is -0.384 e. The van der Waals surface area contributed by atoms with Crippen LogP contribution in [-0.4, -0.2) is 56.6 Å². The maximum atomic E-state index is 5.35. The van der Waals surface area contributed by atoms with Crippen molar-refractivity contribution in [2.24, 2.45) is 5.92 Å². The van der Waals surface area contributed by atoms with E-state index in [9.17, 15) is 0 Å². The number of likely N-dealkylation sites (tertiary alicyclic amines) is 1. The van der Waals surface area contributed by atoms with E-state index in [1.165, 1.54) is 12.8 Å². The lowest BCUT2D eigenvalue weighted by Gasteiger charge is -2.31. The van der Waals surface area contributed by atoms with Gasteiger partial charge in [-0.05, 0) is 39.2 Å². The van der Waals surface area contributed by atoms with Crippen LogP contribution in [0.25, 0.3) is 0 Å². The summed E-state index contributed by atoms with van der Waals surface area (Å²) in [4.78, 5) is 11.2. The molecular weight excluding hydrogens is 308 g/mol. The van der Waals surface area contributed by atoms with Crippen LogP contribution in [0.2, 0.25) is 0 Å². The predicted octanol–water partition coefficient (Wildman–Crippen LogP) is 1.38. The molecule has 1 saturated heterocycles. The lowest BCUT2D eigenvalue weighted by atomic mass is 9.98. The molecule has 0 bridgehead atoms. The number of aryl methyl sites for hydroxylation is 2. The van der Waals surface area contributed by atoms with Crippen molar-refractivity contribution in [3.63, 3.8) is 0 Å². The highest BCUT2D eigenvalue weighted by Gasteiger charge is 2.23. The van der Waals surface area contributed by atoms with Gasteiger partial charge in [-0.15, -0.1) is 0 Å². The lowest BCUT2D eigenvalue weighted by molar-refractivity contribution is 0.138. The second kappa shape index (κ2) is 7.85. The molecule has 0 N–H and O–H groups in total. The topological polar surface area (TPSA) is 82.1 Å². The molecular formula is C16H26N6O2. The van der Waals surface area contributed by atoms with E-state index in [1.807, 2.05) is 18.5 Å². The van der Waals surface area contributed by atoms with Crippen molar-refractivity contribution >= 4 is 0 Å². The second-order valence-corrected chi connectivity index (χ2v) is 6.48. The molecule has 1 aliphatic heterocycles. The summed E-state index contributed by atoms with van der Waals surface area (Å²) in [6, 6.07) is 0. The third kappa shape index (κ3) is 4.39. The quantitative estimate of drug-likeness (QED) is 0.756. The summed E-state index contributed by atoms with van der Waals surface area (Å²) in [5, 5.41) is 8.48. The number of piperidine rings is 1. The second-order valence-electron chi connectivity index (χ2n) is 6.48. The van der Waals surface area contributed by atoms with Crippen LogP contribution in [-0.2, 0) is 24.2 Å². The van der Waals surface area contributed by atoms with Gasteiger partial charge in [0.25, 0.3) is 0 Å². The molecule has 2 aromatic heterocycles. The van der Waals surface area contributed by atoms with Gasteiger partial charge in [-0.2, -0.15) is 10.1 Å². The molecule has 0 radical (unpaired) electrons. The molecule has 2 aromatic rings. The van der Waals surface area contributed by atoms with E-state index in [2.05, 4.69) is 25.1 Å². The SMILES string of the molecule is COCCc1noc(CN2CCC[C@@H](Cn3nc(C)nc3C)C2)n1. The number of hydrogen-bond donors (Lipinski definition) is 0. The van der Waals surface area contributed by atoms with Gasteiger partial charge in [-0.3, -0.25) is 4.90 Å². The van der Waals surface area contributed by atoms with Gasteiger partial charge in [0.1, 0.15) is 11.6 Å². The van der Waals surface area contributed by atoms with Crippen LogP contribution in [0.1, 0.15) is 36.2 Å². The molecule has 3 heterocycles. The Labute approximate surface area is 142 Å². The van der Waals surface area contributed by atoms with Crippen LogP contribution < -0.4 is 0 Å². The molecule has 1 fully saturated rings. The zero-order valence-electron chi connectivity index (χ0n) is 14.7. The monoisotopic (exact) mass is 334 g/mol. The van der Waals surface area contributed by atoms with E-state index in [4.69, 9.17) is 9.26 Å². The maximum Gasteiger partial charge on any atom is 0.240 e. The first-order chi connectivity index (χ1) is 11.6. The number of ether oxygens (including phenoxy) is 1. The van der Waals surface area contributed by atoms with Gasteiger partial charge < -0.3 is 9.26 Å². The van der Waals surface area contributed by atoms with Crippen LogP contribution in [0.5, 0.6) is 0 Å². The Kier molecular flexibility index (Phi) is 5.57. The average molecular weight is 334 g/mol. The Morgan fingerprint density at radius 3 is 2.92 bits per heavy atom. The first-order valence-corrected chi connectivity index (χ1v) is 8.55. The van der Waals surface area contributed by atoms with E-state index < -0.39 is 0 Å². The van der Waals surface area contributed by atoms with Crippen LogP contribution in [0.3, 0.4) is 0 Å². The van der Waals surface area contributed by atoms with Crippen molar-refractivity contribution in [2.75, 3.05) is 26.8 Å². The highest BCUT2D eigenvalue weighted by molar-refractivity contribution is 4.90. The van der Waals surface area contributed by atoms with Gasteiger partial charge in [0.15, 0.2) is 5.82 Å². The summed E-state index contributed by atoms with van der Waals surface area (Å²) in [5.41, 5.74) is 0. The fourth-order valence-electron chi connectivity index (χ4n) is 3.26. The number of aromatic nitrogens is 5. The molecule has 0 aliphatic carbocycles. The molecule has 0 aromatic carbocycles. The minimum atomic E-state index is 0.578. The van der Waals surface area contributed by atoms with Crippen molar-refractivity contribution in [1.29, 1.82) is 0 Å². The van der Waals surface area contributed by atoms with Crippen molar-refractivity contribution in [2.45, 2.75) is 46.2 Å². The molecule has 24 heavy (non-hydrogen) atoms. The van der Waals surface area contributed by atoms with Crippen molar-refractivity contribution in [3.05, 3.63) is 23.4 Å². The zero-order chi connectivity index (χ0) is 16.9. The fourth-order valence-corrected chi connectivity index (χ4v) is 3.26. The summed E-state index contributed by atoms with van der Waals surface area (Å²) in [6.07, 6.45) is 3.09. The first kappa shape index (κ1) is 17.0. The number of methoxy groups -OCH3 is 1.